The zero-order chi connectivity index (χ0) is 25.4. The Morgan fingerprint density at radius 1 is 1.06 bits per heavy atom. The molecule has 0 bridgehead atoms. The van der Waals surface area contributed by atoms with Crippen molar-refractivity contribution in [3.63, 3.8) is 0 Å². The minimum Gasteiger partial charge on any atom is -0.478 e. The maximum absolute atomic E-state index is 13.5. The maximum atomic E-state index is 13.5. The lowest BCUT2D eigenvalue weighted by molar-refractivity contribution is 0.0695. The molecule has 0 aliphatic carbocycles. The topological polar surface area (TPSA) is 86.0 Å². The number of benzene rings is 3. The van der Waals surface area contributed by atoms with Crippen molar-refractivity contribution in [2.75, 3.05) is 6.79 Å². The number of hydrogen-bond acceptors (Lipinski definition) is 5. The molecule has 36 heavy (non-hydrogen) atoms. The maximum Gasteiger partial charge on any atom is 0.335 e. The largest absolute Gasteiger partial charge is 0.478 e. The number of aryl methyl sites for hydroxylation is 2. The summed E-state index contributed by atoms with van der Waals surface area (Å²) in [5.41, 5.74) is 4.90. The molecule has 0 saturated carbocycles. The Bertz CT molecular complexity index is 1530. The normalized spacial score (nSPS) is 13.2. The van der Waals surface area contributed by atoms with E-state index in [1.54, 1.807) is 19.1 Å². The summed E-state index contributed by atoms with van der Waals surface area (Å²) in [6.07, 6.45) is 2.29. The molecule has 1 N–H and O–H groups in total. The van der Waals surface area contributed by atoms with Crippen LogP contribution in [0.15, 0.2) is 63.8 Å². The molecule has 184 valence electrons. The molecule has 0 fully saturated rings. The van der Waals surface area contributed by atoms with E-state index in [2.05, 4.69) is 13.0 Å². The first kappa shape index (κ1) is 23.7. The molecule has 5 rings (SSSR count). The summed E-state index contributed by atoms with van der Waals surface area (Å²) in [5.74, 6) is 0.900. The van der Waals surface area contributed by atoms with E-state index in [0.29, 0.717) is 51.3 Å². The lowest BCUT2D eigenvalue weighted by atomic mass is 9.90. The number of rotatable bonds is 7. The number of carboxylic acid groups (broad SMARTS) is 1. The predicted molar refractivity (Wildman–Crippen MR) is 138 cm³/mol. The van der Waals surface area contributed by atoms with E-state index in [-0.39, 0.29) is 18.1 Å². The second-order valence-electron chi connectivity index (χ2n) is 9.41. The molecule has 0 amide bonds. The number of ether oxygens (including phenoxy) is 2. The summed E-state index contributed by atoms with van der Waals surface area (Å²) >= 11 is 0. The van der Waals surface area contributed by atoms with Gasteiger partial charge in [0.05, 0.1) is 16.5 Å². The van der Waals surface area contributed by atoms with E-state index >= 15 is 0 Å². The number of aromatic carboxylic acids is 1. The molecule has 0 radical (unpaired) electrons. The van der Waals surface area contributed by atoms with Gasteiger partial charge in [-0.15, -0.1) is 0 Å². The van der Waals surface area contributed by atoms with Crippen LogP contribution in [0.2, 0.25) is 0 Å². The van der Waals surface area contributed by atoms with E-state index in [0.717, 1.165) is 29.5 Å². The van der Waals surface area contributed by atoms with E-state index < -0.39 is 5.97 Å². The fourth-order valence-electron chi connectivity index (χ4n) is 5.00. The molecule has 6 nitrogen and oxygen atoms in total. The van der Waals surface area contributed by atoms with Gasteiger partial charge in [0, 0.05) is 5.56 Å². The third-order valence-corrected chi connectivity index (χ3v) is 6.90. The average molecular weight is 485 g/mol. The molecule has 4 aromatic rings. The second kappa shape index (κ2) is 9.53. The summed E-state index contributed by atoms with van der Waals surface area (Å²) in [5, 5.41) is 10.0. The molecule has 1 aliphatic heterocycles. The Morgan fingerprint density at radius 3 is 2.67 bits per heavy atom. The van der Waals surface area contributed by atoms with Crippen LogP contribution in [0, 0.1) is 13.8 Å². The number of para-hydroxylation sites is 1. The Hall–Kier alpha value is -4.06. The molecule has 1 aromatic heterocycles. The van der Waals surface area contributed by atoms with Crippen molar-refractivity contribution in [3.8, 4) is 22.8 Å². The second-order valence-corrected chi connectivity index (χ2v) is 9.41. The highest BCUT2D eigenvalue weighted by Gasteiger charge is 2.24. The van der Waals surface area contributed by atoms with Crippen LogP contribution in [-0.4, -0.2) is 17.9 Å². The van der Waals surface area contributed by atoms with E-state index in [1.165, 1.54) is 0 Å². The molecule has 1 atom stereocenters. The lowest BCUT2D eigenvalue weighted by Gasteiger charge is -2.17. The highest BCUT2D eigenvalue weighted by atomic mass is 16.7. The van der Waals surface area contributed by atoms with Gasteiger partial charge in [0.1, 0.15) is 11.3 Å². The Labute approximate surface area is 209 Å². The van der Waals surface area contributed by atoms with Gasteiger partial charge in [-0.2, -0.15) is 0 Å². The molecule has 3 aromatic carbocycles. The first-order valence-electron chi connectivity index (χ1n) is 12.1. The fraction of sp³-hybridized carbons (Fsp3) is 0.267. The Morgan fingerprint density at radius 2 is 1.86 bits per heavy atom. The first-order valence-corrected chi connectivity index (χ1v) is 12.1. The van der Waals surface area contributed by atoms with Crippen LogP contribution in [0.25, 0.3) is 22.3 Å². The third kappa shape index (κ3) is 4.24. The zero-order valence-electron chi connectivity index (χ0n) is 20.6. The van der Waals surface area contributed by atoms with Crippen LogP contribution in [0.3, 0.4) is 0 Å². The minimum atomic E-state index is -0.908. The van der Waals surface area contributed by atoms with Crippen molar-refractivity contribution < 1.29 is 23.8 Å². The standard InChI is InChI=1S/C30H28O6/c1-17-14-23(18(2)8-6-10-20-9-4-5-11-21(20)30(32)33)28-24(15-17)26(31)19(3)27(36-28)22-12-7-13-25-29(22)35-16-34-25/h4-5,7,9,11-15,18H,6,8,10,16H2,1-3H3,(H,32,33). The van der Waals surface area contributed by atoms with Crippen molar-refractivity contribution in [1.82, 2.24) is 0 Å². The van der Waals surface area contributed by atoms with Crippen LogP contribution in [-0.2, 0) is 6.42 Å². The summed E-state index contributed by atoms with van der Waals surface area (Å²) in [6.45, 7) is 6.02. The van der Waals surface area contributed by atoms with Gasteiger partial charge in [0.15, 0.2) is 16.9 Å². The molecule has 1 aliphatic rings. The molecule has 1 unspecified atom stereocenters. The molecule has 0 spiro atoms. The van der Waals surface area contributed by atoms with Crippen molar-refractivity contribution in [1.29, 1.82) is 0 Å². The summed E-state index contributed by atoms with van der Waals surface area (Å²) in [4.78, 5) is 25.0. The number of hydrogen-bond donors (Lipinski definition) is 1. The van der Waals surface area contributed by atoms with Gasteiger partial charge >= 0.3 is 5.97 Å². The Kier molecular flexibility index (Phi) is 6.27. The molecule has 6 heteroatoms. The first-order chi connectivity index (χ1) is 17.3. The fourth-order valence-corrected chi connectivity index (χ4v) is 5.00. The van der Waals surface area contributed by atoms with Crippen molar-refractivity contribution in [2.45, 2.75) is 46.0 Å². The Balaban J connectivity index is 1.51. The minimum absolute atomic E-state index is 0.0599. The molecular formula is C30H28O6. The predicted octanol–water partition coefficient (Wildman–Crippen LogP) is 6.63. The lowest BCUT2D eigenvalue weighted by Crippen LogP contribution is -2.10. The highest BCUT2D eigenvalue weighted by molar-refractivity contribution is 5.89. The van der Waals surface area contributed by atoms with Crippen LogP contribution >= 0.6 is 0 Å². The van der Waals surface area contributed by atoms with Crippen LogP contribution < -0.4 is 14.9 Å². The zero-order valence-corrected chi connectivity index (χ0v) is 20.6. The van der Waals surface area contributed by atoms with E-state index in [9.17, 15) is 14.7 Å². The van der Waals surface area contributed by atoms with Crippen molar-refractivity contribution in [3.05, 3.63) is 92.6 Å². The monoisotopic (exact) mass is 484 g/mol. The molecular weight excluding hydrogens is 456 g/mol. The van der Waals surface area contributed by atoms with Gasteiger partial charge in [-0.1, -0.05) is 37.3 Å². The average Bonchev–Trinajstić information content (AvgIpc) is 3.35. The quantitative estimate of drug-likeness (QED) is 0.317. The van der Waals surface area contributed by atoms with Gasteiger partial charge in [0.25, 0.3) is 0 Å². The van der Waals surface area contributed by atoms with Gasteiger partial charge in [-0.25, -0.2) is 4.79 Å². The van der Waals surface area contributed by atoms with Crippen LogP contribution in [0.5, 0.6) is 11.5 Å². The SMILES string of the molecule is Cc1cc(C(C)CCCc2ccccc2C(=O)O)c2oc(-c3cccc4c3OCO4)c(C)c(=O)c2c1. The van der Waals surface area contributed by atoms with Crippen molar-refractivity contribution >= 4 is 16.9 Å². The van der Waals surface area contributed by atoms with Gasteiger partial charge < -0.3 is 19.0 Å². The van der Waals surface area contributed by atoms with Gasteiger partial charge in [0.2, 0.25) is 6.79 Å². The molecule has 2 heterocycles. The smallest absolute Gasteiger partial charge is 0.335 e. The van der Waals surface area contributed by atoms with Crippen molar-refractivity contribution in [2.24, 2.45) is 0 Å². The van der Waals surface area contributed by atoms with Crippen LogP contribution in [0.1, 0.15) is 58.3 Å². The number of carbonyl (C=O) groups is 1. The number of fused-ring (bicyclic) bond motifs is 2. The highest BCUT2D eigenvalue weighted by Crippen LogP contribution is 2.43. The van der Waals surface area contributed by atoms with Gasteiger partial charge in [-0.05, 0) is 80.0 Å². The third-order valence-electron chi connectivity index (χ3n) is 6.90. The van der Waals surface area contributed by atoms with E-state index in [4.69, 9.17) is 13.9 Å². The summed E-state index contributed by atoms with van der Waals surface area (Å²) in [7, 11) is 0. The van der Waals surface area contributed by atoms with Crippen LogP contribution in [0.4, 0.5) is 0 Å². The molecule has 0 saturated heterocycles. The summed E-state index contributed by atoms with van der Waals surface area (Å²) in [6, 6.07) is 16.7. The summed E-state index contributed by atoms with van der Waals surface area (Å²) < 4.78 is 17.7. The van der Waals surface area contributed by atoms with Gasteiger partial charge in [-0.3, -0.25) is 4.79 Å². The van der Waals surface area contributed by atoms with E-state index in [1.807, 2.05) is 43.3 Å². The number of carboxylic acids is 1.